The van der Waals surface area contributed by atoms with E-state index in [0.717, 1.165) is 11.1 Å². The molecule has 0 unspecified atom stereocenters. The van der Waals surface area contributed by atoms with Gasteiger partial charge in [0, 0.05) is 0 Å². The zero-order valence-corrected chi connectivity index (χ0v) is 12.8. The smallest absolute Gasteiger partial charge is 0.270 e. The topological polar surface area (TPSA) is 72.7 Å². The van der Waals surface area contributed by atoms with E-state index in [4.69, 9.17) is 0 Å². The number of rotatable bonds is 5. The monoisotopic (exact) mass is 307 g/mol. The van der Waals surface area contributed by atoms with Crippen LogP contribution < -0.4 is 5.32 Å². The molecule has 1 aromatic heterocycles. The second-order valence-electron chi connectivity index (χ2n) is 5.05. The van der Waals surface area contributed by atoms with Crippen LogP contribution in [0.25, 0.3) is 0 Å². The molecule has 23 heavy (non-hydrogen) atoms. The summed E-state index contributed by atoms with van der Waals surface area (Å²) in [5.74, 6) is -0.391. The lowest BCUT2D eigenvalue weighted by Crippen LogP contribution is -2.23. The highest BCUT2D eigenvalue weighted by molar-refractivity contribution is 5.96. The molecule has 2 aromatic carbocycles. The first kappa shape index (κ1) is 14.9. The summed E-state index contributed by atoms with van der Waals surface area (Å²) in [6.45, 7) is 2.51. The SMILES string of the molecule is CCn1nnc(NC(=O)C(c2ccccc2)c2ccccc2)n1. The van der Waals surface area contributed by atoms with Crippen molar-refractivity contribution in [2.24, 2.45) is 0 Å². The van der Waals surface area contributed by atoms with Gasteiger partial charge in [-0.3, -0.25) is 10.1 Å². The van der Waals surface area contributed by atoms with Crippen LogP contribution in [0, 0.1) is 0 Å². The molecule has 6 nitrogen and oxygen atoms in total. The van der Waals surface area contributed by atoms with E-state index in [9.17, 15) is 4.79 Å². The van der Waals surface area contributed by atoms with E-state index < -0.39 is 5.92 Å². The fourth-order valence-corrected chi connectivity index (χ4v) is 2.40. The molecule has 0 atom stereocenters. The minimum absolute atomic E-state index is 0.182. The molecule has 1 amide bonds. The van der Waals surface area contributed by atoms with Crippen molar-refractivity contribution in [3.63, 3.8) is 0 Å². The molecule has 3 aromatic rings. The summed E-state index contributed by atoms with van der Waals surface area (Å²) < 4.78 is 0. The van der Waals surface area contributed by atoms with Gasteiger partial charge in [-0.05, 0) is 23.3 Å². The summed E-state index contributed by atoms with van der Waals surface area (Å²) in [6.07, 6.45) is 0. The second kappa shape index (κ2) is 6.83. The van der Waals surface area contributed by atoms with E-state index in [-0.39, 0.29) is 11.9 Å². The highest BCUT2D eigenvalue weighted by atomic mass is 16.2. The first-order valence-electron chi connectivity index (χ1n) is 7.46. The number of anilines is 1. The van der Waals surface area contributed by atoms with E-state index in [1.807, 2.05) is 67.6 Å². The maximum atomic E-state index is 12.8. The van der Waals surface area contributed by atoms with Gasteiger partial charge in [0.2, 0.25) is 5.91 Å². The van der Waals surface area contributed by atoms with Crippen molar-refractivity contribution in [1.29, 1.82) is 0 Å². The van der Waals surface area contributed by atoms with Gasteiger partial charge in [0.25, 0.3) is 5.95 Å². The van der Waals surface area contributed by atoms with Gasteiger partial charge in [-0.2, -0.15) is 4.80 Å². The Morgan fingerprint density at radius 1 is 1.04 bits per heavy atom. The Balaban J connectivity index is 1.90. The Morgan fingerprint density at radius 2 is 1.61 bits per heavy atom. The third kappa shape index (κ3) is 3.42. The Morgan fingerprint density at radius 3 is 2.09 bits per heavy atom. The molecule has 0 saturated carbocycles. The highest BCUT2D eigenvalue weighted by Gasteiger charge is 2.23. The molecule has 116 valence electrons. The predicted molar refractivity (Wildman–Crippen MR) is 86.8 cm³/mol. The van der Waals surface area contributed by atoms with Crippen LogP contribution in [0.15, 0.2) is 60.7 Å². The zero-order valence-electron chi connectivity index (χ0n) is 12.8. The van der Waals surface area contributed by atoms with Gasteiger partial charge in [0.1, 0.15) is 0 Å². The van der Waals surface area contributed by atoms with E-state index in [1.165, 1.54) is 4.80 Å². The summed E-state index contributed by atoms with van der Waals surface area (Å²) in [7, 11) is 0. The third-order valence-electron chi connectivity index (χ3n) is 3.50. The molecule has 0 aliphatic carbocycles. The Hall–Kier alpha value is -3.02. The molecule has 0 aliphatic heterocycles. The third-order valence-corrected chi connectivity index (χ3v) is 3.50. The fourth-order valence-electron chi connectivity index (χ4n) is 2.40. The molecule has 0 aliphatic rings. The quantitative estimate of drug-likeness (QED) is 0.786. The predicted octanol–water partition coefficient (Wildman–Crippen LogP) is 2.46. The number of amides is 1. The number of hydrogen-bond acceptors (Lipinski definition) is 4. The fraction of sp³-hybridized carbons (Fsp3) is 0.176. The molecule has 0 spiro atoms. The largest absolute Gasteiger partial charge is 0.291 e. The summed E-state index contributed by atoms with van der Waals surface area (Å²) >= 11 is 0. The first-order chi connectivity index (χ1) is 11.3. The van der Waals surface area contributed by atoms with E-state index in [0.29, 0.717) is 6.54 Å². The molecule has 0 radical (unpaired) electrons. The molecule has 0 saturated heterocycles. The molecule has 6 heteroatoms. The van der Waals surface area contributed by atoms with Crippen LogP contribution in [0.5, 0.6) is 0 Å². The maximum Gasteiger partial charge on any atom is 0.270 e. The van der Waals surface area contributed by atoms with Gasteiger partial charge < -0.3 is 0 Å². The van der Waals surface area contributed by atoms with Crippen molar-refractivity contribution in [1.82, 2.24) is 20.2 Å². The molecule has 3 rings (SSSR count). The van der Waals surface area contributed by atoms with Crippen molar-refractivity contribution in [3.05, 3.63) is 71.8 Å². The van der Waals surface area contributed by atoms with Crippen molar-refractivity contribution in [2.45, 2.75) is 19.4 Å². The summed E-state index contributed by atoms with van der Waals surface area (Å²) in [6, 6.07) is 19.3. The van der Waals surface area contributed by atoms with E-state index in [1.54, 1.807) is 0 Å². The number of nitrogens with one attached hydrogen (secondary N) is 1. The number of aromatic nitrogens is 4. The number of benzene rings is 2. The van der Waals surface area contributed by atoms with Crippen molar-refractivity contribution in [3.8, 4) is 0 Å². The van der Waals surface area contributed by atoms with Gasteiger partial charge in [0.05, 0.1) is 12.5 Å². The van der Waals surface area contributed by atoms with Crippen molar-refractivity contribution in [2.75, 3.05) is 5.32 Å². The standard InChI is InChI=1S/C17H17N5O/c1-2-22-20-17(19-21-22)18-16(23)15(13-9-5-3-6-10-13)14-11-7-4-8-12-14/h3-12,15H,2H2,1H3,(H,18,20,23). The number of hydrogen-bond donors (Lipinski definition) is 1. The van der Waals surface area contributed by atoms with Crippen molar-refractivity contribution >= 4 is 11.9 Å². The lowest BCUT2D eigenvalue weighted by Gasteiger charge is -2.16. The van der Waals surface area contributed by atoms with Gasteiger partial charge in [-0.25, -0.2) is 0 Å². The van der Waals surface area contributed by atoms with Crippen LogP contribution in [-0.4, -0.2) is 26.1 Å². The minimum atomic E-state index is -0.425. The summed E-state index contributed by atoms with van der Waals surface area (Å²) in [5.41, 5.74) is 1.83. The Bertz CT molecular complexity index is 730. The van der Waals surface area contributed by atoms with Crippen LogP contribution >= 0.6 is 0 Å². The van der Waals surface area contributed by atoms with Gasteiger partial charge >= 0.3 is 0 Å². The Kier molecular flexibility index (Phi) is 4.42. The van der Waals surface area contributed by atoms with Crippen LogP contribution in [0.1, 0.15) is 24.0 Å². The number of carbonyl (C=O) groups excluding carboxylic acids is 1. The molecule has 1 heterocycles. The number of carbonyl (C=O) groups is 1. The maximum absolute atomic E-state index is 12.8. The lowest BCUT2D eigenvalue weighted by atomic mass is 9.90. The Labute approximate surface area is 134 Å². The normalized spacial score (nSPS) is 10.7. The zero-order chi connectivity index (χ0) is 16.1. The second-order valence-corrected chi connectivity index (χ2v) is 5.05. The first-order valence-corrected chi connectivity index (χ1v) is 7.46. The average Bonchev–Trinajstić information content (AvgIpc) is 3.04. The van der Waals surface area contributed by atoms with Crippen molar-refractivity contribution < 1.29 is 4.79 Å². The molecular weight excluding hydrogens is 290 g/mol. The van der Waals surface area contributed by atoms with Crippen LogP contribution in [0.3, 0.4) is 0 Å². The lowest BCUT2D eigenvalue weighted by molar-refractivity contribution is -0.116. The van der Waals surface area contributed by atoms with E-state index in [2.05, 4.69) is 20.7 Å². The van der Waals surface area contributed by atoms with Gasteiger partial charge in [-0.15, -0.1) is 5.10 Å². The van der Waals surface area contributed by atoms with Gasteiger partial charge in [0.15, 0.2) is 0 Å². The molecular formula is C17H17N5O. The molecule has 0 fully saturated rings. The number of tetrazole rings is 1. The average molecular weight is 307 g/mol. The van der Waals surface area contributed by atoms with Crippen LogP contribution in [-0.2, 0) is 11.3 Å². The highest BCUT2D eigenvalue weighted by Crippen LogP contribution is 2.25. The minimum Gasteiger partial charge on any atom is -0.291 e. The summed E-state index contributed by atoms with van der Waals surface area (Å²) in [5, 5.41) is 14.6. The number of nitrogens with zero attached hydrogens (tertiary/aromatic N) is 4. The summed E-state index contributed by atoms with van der Waals surface area (Å²) in [4.78, 5) is 14.2. The molecule has 1 N–H and O–H groups in total. The van der Waals surface area contributed by atoms with Gasteiger partial charge in [-0.1, -0.05) is 65.8 Å². The van der Waals surface area contributed by atoms with Crippen LogP contribution in [0.4, 0.5) is 5.95 Å². The molecule has 0 bridgehead atoms. The number of aryl methyl sites for hydroxylation is 1. The van der Waals surface area contributed by atoms with E-state index >= 15 is 0 Å². The van der Waals surface area contributed by atoms with Crippen LogP contribution in [0.2, 0.25) is 0 Å².